The second-order valence-corrected chi connectivity index (χ2v) is 6.52. The van der Waals surface area contributed by atoms with Gasteiger partial charge >= 0.3 is 0 Å². The van der Waals surface area contributed by atoms with E-state index in [0.29, 0.717) is 16.0 Å². The smallest absolute Gasteiger partial charge is 0.253 e. The molecule has 0 saturated heterocycles. The molecule has 3 N–H and O–H groups in total. The van der Waals surface area contributed by atoms with Gasteiger partial charge in [-0.2, -0.15) is 11.8 Å². The van der Waals surface area contributed by atoms with Gasteiger partial charge in [0.2, 0.25) is 0 Å². The van der Waals surface area contributed by atoms with Crippen LogP contribution in [0.2, 0.25) is 0 Å². The topological polar surface area (TPSA) is 58.4 Å². The van der Waals surface area contributed by atoms with Gasteiger partial charge in [-0.1, -0.05) is 0 Å². The highest BCUT2D eigenvalue weighted by Gasteiger charge is 2.41. The number of nitrogens with zero attached hydrogens (tertiary/aromatic N) is 1. The second-order valence-electron chi connectivity index (χ2n) is 5.24. The number of hydrogen-bond donors (Lipinski definition) is 2. The molecule has 1 amide bonds. The van der Waals surface area contributed by atoms with Gasteiger partial charge < -0.3 is 16.0 Å². The molecule has 0 unspecified atom stereocenters. The molecular formula is C14H21N3OS. The molecule has 0 bridgehead atoms. The number of rotatable bonds is 5. The number of hydrogen-bond acceptors (Lipinski definition) is 4. The number of carbonyl (C=O) groups is 1. The van der Waals surface area contributed by atoms with Gasteiger partial charge in [-0.25, -0.2) is 0 Å². The van der Waals surface area contributed by atoms with Crippen LogP contribution in [0.25, 0.3) is 0 Å². The van der Waals surface area contributed by atoms with Crippen LogP contribution in [0.4, 0.5) is 11.4 Å². The van der Waals surface area contributed by atoms with E-state index < -0.39 is 0 Å². The van der Waals surface area contributed by atoms with Crippen LogP contribution >= 0.6 is 11.8 Å². The minimum atomic E-state index is -0.0268. The fraction of sp³-hybridized carbons (Fsp3) is 0.500. The first kappa shape index (κ1) is 14.1. The second kappa shape index (κ2) is 5.33. The third-order valence-electron chi connectivity index (χ3n) is 3.55. The number of nitrogen functional groups attached to an aromatic ring is 1. The summed E-state index contributed by atoms with van der Waals surface area (Å²) in [4.78, 5) is 13.4. The van der Waals surface area contributed by atoms with Crippen molar-refractivity contribution in [1.29, 1.82) is 0 Å². The Hall–Kier alpha value is -1.36. The quantitative estimate of drug-likeness (QED) is 0.812. The molecule has 0 aliphatic heterocycles. The predicted molar refractivity (Wildman–Crippen MR) is 82.8 cm³/mol. The molecule has 104 valence electrons. The summed E-state index contributed by atoms with van der Waals surface area (Å²) in [5.41, 5.74) is 8.18. The van der Waals surface area contributed by atoms with Crippen LogP contribution in [0.15, 0.2) is 18.2 Å². The van der Waals surface area contributed by atoms with Gasteiger partial charge in [-0.15, -0.1) is 0 Å². The molecular weight excluding hydrogens is 258 g/mol. The highest BCUT2D eigenvalue weighted by molar-refractivity contribution is 8.00. The van der Waals surface area contributed by atoms with Crippen LogP contribution in [0, 0.1) is 0 Å². The summed E-state index contributed by atoms with van der Waals surface area (Å²) in [6.45, 7) is 0.930. The maximum absolute atomic E-state index is 11.8. The van der Waals surface area contributed by atoms with Crippen LogP contribution in [0.5, 0.6) is 0 Å². The van der Waals surface area contributed by atoms with Crippen LogP contribution in [0.1, 0.15) is 23.2 Å². The number of benzene rings is 1. The van der Waals surface area contributed by atoms with Crippen molar-refractivity contribution in [2.75, 3.05) is 37.9 Å². The SMILES string of the molecule is CSC1(CNc2ccc(C(=O)N(C)C)cc2N)CC1. The molecule has 0 aromatic heterocycles. The van der Waals surface area contributed by atoms with E-state index in [-0.39, 0.29) is 5.91 Å². The first-order valence-corrected chi connectivity index (χ1v) is 7.60. The van der Waals surface area contributed by atoms with Crippen molar-refractivity contribution in [3.8, 4) is 0 Å². The molecule has 2 rings (SSSR count). The highest BCUT2D eigenvalue weighted by atomic mass is 32.2. The Labute approximate surface area is 118 Å². The molecule has 0 radical (unpaired) electrons. The molecule has 1 fully saturated rings. The molecule has 1 saturated carbocycles. The Balaban J connectivity index is 2.05. The van der Waals surface area contributed by atoms with E-state index in [1.807, 2.05) is 23.9 Å². The van der Waals surface area contributed by atoms with Crippen molar-refractivity contribution < 1.29 is 4.79 Å². The van der Waals surface area contributed by atoms with E-state index in [1.54, 1.807) is 25.1 Å². The number of carbonyl (C=O) groups excluding carboxylic acids is 1. The fourth-order valence-electron chi connectivity index (χ4n) is 1.96. The predicted octanol–water partition coefficient (Wildman–Crippen LogP) is 2.28. The number of nitrogens with one attached hydrogen (secondary N) is 1. The van der Waals surface area contributed by atoms with E-state index in [0.717, 1.165) is 12.2 Å². The zero-order valence-corrected chi connectivity index (χ0v) is 12.5. The average Bonchev–Trinajstić information content (AvgIpc) is 3.17. The van der Waals surface area contributed by atoms with Gasteiger partial charge in [-0.3, -0.25) is 4.79 Å². The van der Waals surface area contributed by atoms with Gasteiger partial charge in [0, 0.05) is 31.0 Å². The minimum absolute atomic E-state index is 0.0268. The van der Waals surface area contributed by atoms with E-state index in [2.05, 4.69) is 11.6 Å². The van der Waals surface area contributed by atoms with Gasteiger partial charge in [0.05, 0.1) is 11.4 Å². The van der Waals surface area contributed by atoms with Crippen LogP contribution in [-0.2, 0) is 0 Å². The molecule has 0 atom stereocenters. The molecule has 1 aliphatic carbocycles. The molecule has 5 heteroatoms. The van der Waals surface area contributed by atoms with Gasteiger partial charge in [-0.05, 0) is 37.3 Å². The third kappa shape index (κ3) is 3.15. The lowest BCUT2D eigenvalue weighted by Crippen LogP contribution is -2.22. The molecule has 1 aromatic rings. The Morgan fingerprint density at radius 1 is 1.47 bits per heavy atom. The van der Waals surface area contributed by atoms with Crippen molar-refractivity contribution >= 4 is 29.0 Å². The third-order valence-corrected chi connectivity index (χ3v) is 4.97. The molecule has 1 aromatic carbocycles. The van der Waals surface area contributed by atoms with Crippen molar-refractivity contribution in [2.45, 2.75) is 17.6 Å². The lowest BCUT2D eigenvalue weighted by atomic mass is 10.1. The zero-order valence-electron chi connectivity index (χ0n) is 11.7. The lowest BCUT2D eigenvalue weighted by Gasteiger charge is -2.16. The normalized spacial score (nSPS) is 15.9. The van der Waals surface area contributed by atoms with Gasteiger partial charge in [0.1, 0.15) is 0 Å². The highest BCUT2D eigenvalue weighted by Crippen LogP contribution is 2.47. The summed E-state index contributed by atoms with van der Waals surface area (Å²) >= 11 is 1.91. The Morgan fingerprint density at radius 3 is 2.63 bits per heavy atom. The summed E-state index contributed by atoms with van der Waals surface area (Å²) in [7, 11) is 3.47. The van der Waals surface area contributed by atoms with E-state index in [9.17, 15) is 4.79 Å². The van der Waals surface area contributed by atoms with Gasteiger partial charge in [0.15, 0.2) is 0 Å². The lowest BCUT2D eigenvalue weighted by molar-refractivity contribution is 0.0827. The maximum atomic E-state index is 11.8. The zero-order chi connectivity index (χ0) is 14.0. The van der Waals surface area contributed by atoms with Crippen molar-refractivity contribution in [3.63, 3.8) is 0 Å². The largest absolute Gasteiger partial charge is 0.397 e. The summed E-state index contributed by atoms with van der Waals surface area (Å²) in [6, 6.07) is 5.45. The standard InChI is InChI=1S/C14H21N3OS/c1-17(2)13(18)10-4-5-12(11(15)8-10)16-9-14(19-3)6-7-14/h4-5,8,16H,6-7,9,15H2,1-3H3. The van der Waals surface area contributed by atoms with Crippen molar-refractivity contribution in [1.82, 2.24) is 4.90 Å². The first-order valence-electron chi connectivity index (χ1n) is 6.38. The Kier molecular flexibility index (Phi) is 3.94. The Morgan fingerprint density at radius 2 is 2.16 bits per heavy atom. The molecule has 19 heavy (non-hydrogen) atoms. The number of nitrogens with two attached hydrogens (primary N) is 1. The first-order chi connectivity index (χ1) is 8.97. The number of thioether (sulfide) groups is 1. The summed E-state index contributed by atoms with van der Waals surface area (Å²) in [5, 5.41) is 3.39. The summed E-state index contributed by atoms with van der Waals surface area (Å²) in [6.07, 6.45) is 4.67. The molecule has 4 nitrogen and oxygen atoms in total. The number of amides is 1. The van der Waals surface area contributed by atoms with E-state index in [4.69, 9.17) is 5.73 Å². The summed E-state index contributed by atoms with van der Waals surface area (Å²) in [5.74, 6) is -0.0268. The fourth-order valence-corrected chi connectivity index (χ4v) is 2.69. The van der Waals surface area contributed by atoms with Crippen molar-refractivity contribution in [2.24, 2.45) is 0 Å². The minimum Gasteiger partial charge on any atom is -0.397 e. The number of anilines is 2. The molecule has 1 aliphatic rings. The van der Waals surface area contributed by atoms with E-state index in [1.165, 1.54) is 12.8 Å². The Bertz CT molecular complexity index is 484. The summed E-state index contributed by atoms with van der Waals surface area (Å²) < 4.78 is 0.393. The van der Waals surface area contributed by atoms with E-state index >= 15 is 0 Å². The monoisotopic (exact) mass is 279 g/mol. The average molecular weight is 279 g/mol. The van der Waals surface area contributed by atoms with Crippen molar-refractivity contribution in [3.05, 3.63) is 23.8 Å². The molecule has 0 heterocycles. The molecule has 0 spiro atoms. The van der Waals surface area contributed by atoms with Gasteiger partial charge in [0.25, 0.3) is 5.91 Å². The van der Waals surface area contributed by atoms with Crippen LogP contribution in [-0.4, -0.2) is 42.4 Å². The maximum Gasteiger partial charge on any atom is 0.253 e. The van der Waals surface area contributed by atoms with Crippen LogP contribution < -0.4 is 11.1 Å². The van der Waals surface area contributed by atoms with Crippen LogP contribution in [0.3, 0.4) is 0 Å².